The molecule has 0 aliphatic carbocycles. The Labute approximate surface area is 145 Å². The number of hydrogen-bond donors (Lipinski definition) is 3. The quantitative estimate of drug-likeness (QED) is 0.635. The first-order chi connectivity index (χ1) is 12.1. The number of carboxylic acid groups (broad SMARTS) is 1. The van der Waals surface area contributed by atoms with Gasteiger partial charge in [-0.25, -0.2) is 14.8 Å². The Morgan fingerprint density at radius 3 is 2.36 bits per heavy atom. The van der Waals surface area contributed by atoms with Crippen LogP contribution in [0, 0.1) is 6.92 Å². The Morgan fingerprint density at radius 1 is 1.00 bits per heavy atom. The van der Waals surface area contributed by atoms with E-state index >= 15 is 0 Å². The third-order valence-corrected chi connectivity index (χ3v) is 3.67. The van der Waals surface area contributed by atoms with Crippen LogP contribution >= 0.6 is 0 Å². The van der Waals surface area contributed by atoms with E-state index < -0.39 is 5.97 Å². The number of aryl methyl sites for hydroxylation is 1. The number of anilines is 3. The van der Waals surface area contributed by atoms with Crippen LogP contribution in [0.5, 0.6) is 0 Å². The SMILES string of the molecule is Cc1ccc(CNc2cc(Nc3ccc(C(=O)O)cc3)ncn2)cc1. The van der Waals surface area contributed by atoms with Crippen LogP contribution in [0.2, 0.25) is 0 Å². The summed E-state index contributed by atoms with van der Waals surface area (Å²) >= 11 is 0. The van der Waals surface area contributed by atoms with E-state index in [9.17, 15) is 4.79 Å². The maximum absolute atomic E-state index is 10.9. The first-order valence-corrected chi connectivity index (χ1v) is 7.82. The van der Waals surface area contributed by atoms with E-state index in [0.717, 1.165) is 5.69 Å². The van der Waals surface area contributed by atoms with Gasteiger partial charge in [0.1, 0.15) is 18.0 Å². The van der Waals surface area contributed by atoms with E-state index in [1.165, 1.54) is 17.5 Å². The molecule has 3 aromatic rings. The normalized spacial score (nSPS) is 10.3. The zero-order valence-corrected chi connectivity index (χ0v) is 13.7. The molecule has 2 aromatic carbocycles. The number of carbonyl (C=O) groups is 1. The molecule has 0 spiro atoms. The molecule has 3 rings (SSSR count). The van der Waals surface area contributed by atoms with Crippen molar-refractivity contribution in [2.45, 2.75) is 13.5 Å². The van der Waals surface area contributed by atoms with Gasteiger partial charge in [-0.1, -0.05) is 29.8 Å². The molecule has 0 atom stereocenters. The average Bonchev–Trinajstić information content (AvgIpc) is 2.62. The molecule has 0 bridgehead atoms. The fourth-order valence-corrected chi connectivity index (χ4v) is 2.26. The molecule has 0 radical (unpaired) electrons. The van der Waals surface area contributed by atoms with Crippen molar-refractivity contribution in [1.82, 2.24) is 9.97 Å². The molecule has 6 heteroatoms. The molecule has 0 aliphatic rings. The third kappa shape index (κ3) is 4.54. The first kappa shape index (κ1) is 16.4. The number of aromatic carboxylic acids is 1. The fourth-order valence-electron chi connectivity index (χ4n) is 2.26. The summed E-state index contributed by atoms with van der Waals surface area (Å²) in [7, 11) is 0. The van der Waals surface area contributed by atoms with E-state index in [2.05, 4.69) is 51.8 Å². The summed E-state index contributed by atoms with van der Waals surface area (Å²) in [5.74, 6) is 0.390. The molecule has 1 heterocycles. The Balaban J connectivity index is 1.64. The molecular weight excluding hydrogens is 316 g/mol. The van der Waals surface area contributed by atoms with Gasteiger partial charge in [0.2, 0.25) is 0 Å². The molecule has 0 saturated carbocycles. The lowest BCUT2D eigenvalue weighted by atomic mass is 10.1. The van der Waals surface area contributed by atoms with Gasteiger partial charge in [0, 0.05) is 18.3 Å². The standard InChI is InChI=1S/C19H18N4O2/c1-13-2-4-14(5-3-13)11-20-17-10-18(22-12-21-17)23-16-8-6-15(7-9-16)19(24)25/h2-10,12H,11H2,1H3,(H,24,25)(H2,20,21,22,23). The smallest absolute Gasteiger partial charge is 0.335 e. The second-order valence-electron chi connectivity index (χ2n) is 5.64. The molecule has 1 aromatic heterocycles. The monoisotopic (exact) mass is 334 g/mol. The second-order valence-corrected chi connectivity index (χ2v) is 5.64. The van der Waals surface area contributed by atoms with Gasteiger partial charge < -0.3 is 15.7 Å². The number of aromatic nitrogens is 2. The summed E-state index contributed by atoms with van der Waals surface area (Å²) in [6.07, 6.45) is 1.48. The lowest BCUT2D eigenvalue weighted by Gasteiger charge is -2.09. The molecule has 6 nitrogen and oxygen atoms in total. The Hall–Kier alpha value is -3.41. The van der Waals surface area contributed by atoms with Crippen LogP contribution < -0.4 is 10.6 Å². The summed E-state index contributed by atoms with van der Waals surface area (Å²) in [6.45, 7) is 2.73. The van der Waals surface area contributed by atoms with Crippen molar-refractivity contribution in [3.05, 3.63) is 77.6 Å². The molecule has 0 aliphatic heterocycles. The van der Waals surface area contributed by atoms with Crippen LogP contribution in [0.1, 0.15) is 21.5 Å². The number of nitrogens with one attached hydrogen (secondary N) is 2. The number of nitrogens with zero attached hydrogens (tertiary/aromatic N) is 2. The van der Waals surface area contributed by atoms with Gasteiger partial charge in [0.05, 0.1) is 5.56 Å². The minimum Gasteiger partial charge on any atom is -0.478 e. The van der Waals surface area contributed by atoms with Crippen LogP contribution in [0.25, 0.3) is 0 Å². The van der Waals surface area contributed by atoms with Crippen LogP contribution in [0.3, 0.4) is 0 Å². The van der Waals surface area contributed by atoms with Gasteiger partial charge in [-0.3, -0.25) is 0 Å². The van der Waals surface area contributed by atoms with Crippen molar-refractivity contribution < 1.29 is 9.90 Å². The minimum absolute atomic E-state index is 0.244. The topological polar surface area (TPSA) is 87.1 Å². The van der Waals surface area contributed by atoms with Gasteiger partial charge in [0.15, 0.2) is 0 Å². The lowest BCUT2D eigenvalue weighted by Crippen LogP contribution is -2.03. The summed E-state index contributed by atoms with van der Waals surface area (Å²) < 4.78 is 0. The molecule has 3 N–H and O–H groups in total. The van der Waals surface area contributed by atoms with E-state index in [1.54, 1.807) is 30.3 Å². The zero-order valence-electron chi connectivity index (χ0n) is 13.7. The highest BCUT2D eigenvalue weighted by atomic mass is 16.4. The summed E-state index contributed by atoms with van der Waals surface area (Å²) in [5, 5.41) is 15.3. The number of hydrogen-bond acceptors (Lipinski definition) is 5. The van der Waals surface area contributed by atoms with Crippen LogP contribution in [0.15, 0.2) is 60.9 Å². The zero-order chi connectivity index (χ0) is 17.6. The Bertz CT molecular complexity index is 861. The summed E-state index contributed by atoms with van der Waals surface area (Å²) in [6, 6.07) is 16.6. The van der Waals surface area contributed by atoms with Gasteiger partial charge in [-0.2, -0.15) is 0 Å². The average molecular weight is 334 g/mol. The largest absolute Gasteiger partial charge is 0.478 e. The highest BCUT2D eigenvalue weighted by Crippen LogP contribution is 2.17. The number of rotatable bonds is 6. The van der Waals surface area contributed by atoms with E-state index in [-0.39, 0.29) is 5.56 Å². The molecular formula is C19H18N4O2. The predicted octanol–water partition coefficient (Wildman–Crippen LogP) is 3.84. The molecule has 0 fully saturated rings. The molecule has 0 amide bonds. The van der Waals surface area contributed by atoms with Gasteiger partial charge in [-0.15, -0.1) is 0 Å². The second kappa shape index (κ2) is 7.44. The van der Waals surface area contributed by atoms with Crippen LogP contribution in [-0.4, -0.2) is 21.0 Å². The van der Waals surface area contributed by atoms with Gasteiger partial charge in [0.25, 0.3) is 0 Å². The third-order valence-electron chi connectivity index (χ3n) is 3.67. The van der Waals surface area contributed by atoms with Crippen LogP contribution in [-0.2, 0) is 6.54 Å². The Morgan fingerprint density at radius 2 is 1.68 bits per heavy atom. The van der Waals surface area contributed by atoms with Crippen molar-refractivity contribution in [2.24, 2.45) is 0 Å². The first-order valence-electron chi connectivity index (χ1n) is 7.82. The molecule has 126 valence electrons. The van der Waals surface area contributed by atoms with Crippen molar-refractivity contribution in [2.75, 3.05) is 10.6 Å². The van der Waals surface area contributed by atoms with E-state index in [0.29, 0.717) is 18.2 Å². The fraction of sp³-hybridized carbons (Fsp3) is 0.105. The Kier molecular flexibility index (Phi) is 4.89. The van der Waals surface area contributed by atoms with Crippen molar-refractivity contribution in [3.8, 4) is 0 Å². The molecule has 25 heavy (non-hydrogen) atoms. The van der Waals surface area contributed by atoms with Gasteiger partial charge >= 0.3 is 5.97 Å². The summed E-state index contributed by atoms with van der Waals surface area (Å²) in [4.78, 5) is 19.3. The molecule has 0 saturated heterocycles. The summed E-state index contributed by atoms with van der Waals surface area (Å²) in [5.41, 5.74) is 3.40. The van der Waals surface area contributed by atoms with Crippen molar-refractivity contribution in [3.63, 3.8) is 0 Å². The number of carboxylic acids is 1. The van der Waals surface area contributed by atoms with E-state index in [4.69, 9.17) is 5.11 Å². The van der Waals surface area contributed by atoms with Crippen LogP contribution in [0.4, 0.5) is 17.3 Å². The lowest BCUT2D eigenvalue weighted by molar-refractivity contribution is 0.0697. The maximum Gasteiger partial charge on any atom is 0.335 e. The van der Waals surface area contributed by atoms with Gasteiger partial charge in [-0.05, 0) is 36.8 Å². The van der Waals surface area contributed by atoms with Crippen molar-refractivity contribution in [1.29, 1.82) is 0 Å². The minimum atomic E-state index is -0.948. The highest BCUT2D eigenvalue weighted by molar-refractivity contribution is 5.88. The maximum atomic E-state index is 10.9. The predicted molar refractivity (Wildman–Crippen MR) is 97.2 cm³/mol. The van der Waals surface area contributed by atoms with Crippen molar-refractivity contribution >= 4 is 23.3 Å². The number of benzene rings is 2. The highest BCUT2D eigenvalue weighted by Gasteiger charge is 2.03. The molecule has 0 unspecified atom stereocenters. The van der Waals surface area contributed by atoms with E-state index in [1.807, 2.05) is 0 Å².